The molecule has 0 saturated carbocycles. The maximum atomic E-state index is 11.5. The maximum absolute atomic E-state index is 11.5. The third-order valence-corrected chi connectivity index (χ3v) is 5.47. The third kappa shape index (κ3) is 6.36. The Hall–Kier alpha value is -0.250. The highest BCUT2D eigenvalue weighted by Crippen LogP contribution is 2.05. The largest absolute Gasteiger partial charge is 0.392 e. The van der Waals surface area contributed by atoms with E-state index in [4.69, 9.17) is 18.0 Å². The molecule has 0 saturated heterocycles. The first-order valence-corrected chi connectivity index (χ1v) is 8.54. The van der Waals surface area contributed by atoms with Crippen LogP contribution in [-0.2, 0) is 19.9 Å². The molecule has 0 aromatic carbocycles. The van der Waals surface area contributed by atoms with Gasteiger partial charge in [-0.1, -0.05) is 26.1 Å². The SMILES string of the molecule is CC(C)C(NS(=O)(=O)CS(C)(=O)=O)C(N)=S. The highest BCUT2D eigenvalue weighted by atomic mass is 32.3. The zero-order chi connectivity index (χ0) is 13.1. The van der Waals surface area contributed by atoms with E-state index in [2.05, 4.69) is 4.72 Å². The van der Waals surface area contributed by atoms with E-state index < -0.39 is 31.0 Å². The van der Waals surface area contributed by atoms with Crippen molar-refractivity contribution in [2.75, 3.05) is 11.3 Å². The minimum Gasteiger partial charge on any atom is -0.392 e. The third-order valence-electron chi connectivity index (χ3n) is 1.65. The Morgan fingerprint density at radius 1 is 1.31 bits per heavy atom. The normalized spacial score (nSPS) is 15.0. The molecule has 1 unspecified atom stereocenters. The van der Waals surface area contributed by atoms with E-state index in [1.165, 1.54) is 0 Å². The number of hydrogen-bond donors (Lipinski definition) is 2. The Kier molecular flexibility index (Phi) is 5.30. The fourth-order valence-electron chi connectivity index (χ4n) is 1.03. The standard InChI is InChI=1S/C7H16N2O4S3/c1-5(2)6(7(8)14)9-16(12,13)4-15(3,10)11/h5-6,9H,4H2,1-3H3,(H2,8,14). The molecule has 16 heavy (non-hydrogen) atoms. The second-order valence-electron chi connectivity index (χ2n) is 3.90. The molecule has 0 fully saturated rings. The van der Waals surface area contributed by atoms with Gasteiger partial charge in [0.15, 0.2) is 14.9 Å². The molecular weight excluding hydrogens is 272 g/mol. The van der Waals surface area contributed by atoms with Gasteiger partial charge in [0, 0.05) is 6.26 Å². The fraction of sp³-hybridized carbons (Fsp3) is 0.857. The average Bonchev–Trinajstić information content (AvgIpc) is 1.94. The first-order valence-electron chi connectivity index (χ1n) is 4.41. The molecule has 6 nitrogen and oxygen atoms in total. The minimum atomic E-state index is -3.93. The zero-order valence-electron chi connectivity index (χ0n) is 9.30. The molecule has 0 radical (unpaired) electrons. The van der Waals surface area contributed by atoms with Crippen LogP contribution >= 0.6 is 12.2 Å². The van der Waals surface area contributed by atoms with Crippen LogP contribution in [0, 0.1) is 5.92 Å². The fourth-order valence-corrected chi connectivity index (χ4v) is 4.75. The highest BCUT2D eigenvalue weighted by Gasteiger charge is 2.25. The summed E-state index contributed by atoms with van der Waals surface area (Å²) >= 11 is 4.70. The number of thiocarbonyl (C=S) groups is 1. The van der Waals surface area contributed by atoms with Crippen LogP contribution in [0.25, 0.3) is 0 Å². The molecule has 0 spiro atoms. The van der Waals surface area contributed by atoms with Gasteiger partial charge in [0.2, 0.25) is 10.0 Å². The van der Waals surface area contributed by atoms with Gasteiger partial charge in [0.25, 0.3) is 0 Å². The number of nitrogens with one attached hydrogen (secondary N) is 1. The summed E-state index contributed by atoms with van der Waals surface area (Å²) in [7, 11) is -7.55. The lowest BCUT2D eigenvalue weighted by molar-refractivity contribution is 0.528. The van der Waals surface area contributed by atoms with Crippen LogP contribution in [0.2, 0.25) is 0 Å². The molecule has 0 rings (SSSR count). The average molecular weight is 288 g/mol. The molecule has 0 aliphatic rings. The lowest BCUT2D eigenvalue weighted by Gasteiger charge is -2.20. The van der Waals surface area contributed by atoms with Gasteiger partial charge in [0.05, 0.1) is 11.0 Å². The molecule has 0 aliphatic heterocycles. The Balaban J connectivity index is 4.89. The molecule has 96 valence electrons. The highest BCUT2D eigenvalue weighted by molar-refractivity contribution is 8.06. The van der Waals surface area contributed by atoms with Gasteiger partial charge >= 0.3 is 0 Å². The molecule has 0 aromatic heterocycles. The summed E-state index contributed by atoms with van der Waals surface area (Å²) in [6, 6.07) is -0.734. The summed E-state index contributed by atoms with van der Waals surface area (Å²) in [5.41, 5.74) is 5.36. The monoisotopic (exact) mass is 288 g/mol. The molecule has 9 heteroatoms. The van der Waals surface area contributed by atoms with E-state index in [0.29, 0.717) is 0 Å². The smallest absolute Gasteiger partial charge is 0.226 e. The Labute approximate surface area is 102 Å². The van der Waals surface area contributed by atoms with Crippen LogP contribution in [0.3, 0.4) is 0 Å². The van der Waals surface area contributed by atoms with E-state index >= 15 is 0 Å². The predicted molar refractivity (Wildman–Crippen MR) is 67.2 cm³/mol. The number of sulfone groups is 1. The maximum Gasteiger partial charge on any atom is 0.226 e. The molecule has 0 bridgehead atoms. The molecule has 0 amide bonds. The van der Waals surface area contributed by atoms with Crippen LogP contribution < -0.4 is 10.5 Å². The summed E-state index contributed by atoms with van der Waals surface area (Å²) < 4.78 is 46.9. The number of hydrogen-bond acceptors (Lipinski definition) is 5. The summed E-state index contributed by atoms with van der Waals surface area (Å²) in [6.07, 6.45) is 0.845. The molecule has 0 aromatic rings. The number of sulfonamides is 1. The minimum absolute atomic E-state index is 0.00734. The van der Waals surface area contributed by atoms with Crippen molar-refractivity contribution in [3.05, 3.63) is 0 Å². The van der Waals surface area contributed by atoms with Gasteiger partial charge in [0.1, 0.15) is 0 Å². The van der Waals surface area contributed by atoms with Crippen molar-refractivity contribution in [3.63, 3.8) is 0 Å². The van der Waals surface area contributed by atoms with Gasteiger partial charge < -0.3 is 5.73 Å². The van der Waals surface area contributed by atoms with Crippen LogP contribution in [-0.4, -0.2) is 39.2 Å². The second kappa shape index (κ2) is 5.39. The van der Waals surface area contributed by atoms with Crippen molar-refractivity contribution >= 4 is 37.1 Å². The van der Waals surface area contributed by atoms with Crippen molar-refractivity contribution in [3.8, 4) is 0 Å². The quantitative estimate of drug-likeness (QED) is 0.621. The molecule has 0 aliphatic carbocycles. The van der Waals surface area contributed by atoms with E-state index in [0.717, 1.165) is 6.26 Å². The van der Waals surface area contributed by atoms with Crippen molar-refractivity contribution in [1.82, 2.24) is 4.72 Å². The Morgan fingerprint density at radius 3 is 2.00 bits per heavy atom. The van der Waals surface area contributed by atoms with Crippen molar-refractivity contribution in [1.29, 1.82) is 0 Å². The van der Waals surface area contributed by atoms with Crippen LogP contribution in [0.1, 0.15) is 13.8 Å². The lowest BCUT2D eigenvalue weighted by atomic mass is 10.1. The Morgan fingerprint density at radius 2 is 1.75 bits per heavy atom. The van der Waals surface area contributed by atoms with E-state index in [9.17, 15) is 16.8 Å². The van der Waals surface area contributed by atoms with Crippen LogP contribution in [0.4, 0.5) is 0 Å². The van der Waals surface area contributed by atoms with Gasteiger partial charge in [-0.15, -0.1) is 0 Å². The molecular formula is C7H16N2O4S3. The van der Waals surface area contributed by atoms with Gasteiger partial charge in [-0.3, -0.25) is 0 Å². The zero-order valence-corrected chi connectivity index (χ0v) is 11.7. The second-order valence-corrected chi connectivity index (χ2v) is 8.63. The van der Waals surface area contributed by atoms with Crippen LogP contribution in [0.15, 0.2) is 0 Å². The number of rotatable bonds is 6. The summed E-state index contributed by atoms with van der Waals surface area (Å²) in [5.74, 6) is -0.146. The van der Waals surface area contributed by atoms with E-state index in [1.807, 2.05) is 0 Å². The van der Waals surface area contributed by atoms with Crippen molar-refractivity contribution in [2.45, 2.75) is 19.9 Å². The molecule has 1 atom stereocenters. The predicted octanol–water partition coefficient (Wildman–Crippen LogP) is -0.781. The number of nitrogens with two attached hydrogens (primary N) is 1. The molecule has 0 heterocycles. The summed E-state index contributed by atoms with van der Waals surface area (Å²) in [6.45, 7) is 3.46. The lowest BCUT2D eigenvalue weighted by Crippen LogP contribution is -2.48. The Bertz CT molecular complexity index is 452. The summed E-state index contributed by atoms with van der Waals surface area (Å²) in [4.78, 5) is -0.00734. The van der Waals surface area contributed by atoms with Crippen LogP contribution in [0.5, 0.6) is 0 Å². The van der Waals surface area contributed by atoms with Gasteiger partial charge in [-0.25, -0.2) is 21.6 Å². The van der Waals surface area contributed by atoms with Gasteiger partial charge in [-0.2, -0.15) is 0 Å². The summed E-state index contributed by atoms with van der Waals surface area (Å²) in [5, 5.41) is -0.966. The first-order chi connectivity index (χ1) is 6.94. The van der Waals surface area contributed by atoms with E-state index in [-0.39, 0.29) is 10.9 Å². The van der Waals surface area contributed by atoms with Gasteiger partial charge in [-0.05, 0) is 5.92 Å². The topological polar surface area (TPSA) is 106 Å². The van der Waals surface area contributed by atoms with E-state index in [1.54, 1.807) is 13.8 Å². The molecule has 3 N–H and O–H groups in total. The van der Waals surface area contributed by atoms with Crippen molar-refractivity contribution in [2.24, 2.45) is 11.7 Å². The first kappa shape index (κ1) is 15.8. The van der Waals surface area contributed by atoms with Crippen molar-refractivity contribution < 1.29 is 16.8 Å².